The quantitative estimate of drug-likeness (QED) is 0.861. The highest BCUT2D eigenvalue weighted by molar-refractivity contribution is 5.82. The molecule has 6 heteroatoms. The zero-order valence-corrected chi connectivity index (χ0v) is 10.6. The number of aryl methyl sites for hydroxylation is 1. The molecule has 0 amide bonds. The summed E-state index contributed by atoms with van der Waals surface area (Å²) in [6.07, 6.45) is 1.91. The van der Waals surface area contributed by atoms with Crippen LogP contribution < -0.4 is 5.32 Å². The van der Waals surface area contributed by atoms with Crippen molar-refractivity contribution >= 4 is 17.4 Å². The summed E-state index contributed by atoms with van der Waals surface area (Å²) in [7, 11) is 0. The van der Waals surface area contributed by atoms with E-state index >= 15 is 0 Å². The Morgan fingerprint density at radius 3 is 2.89 bits per heavy atom. The van der Waals surface area contributed by atoms with E-state index in [0.717, 1.165) is 5.56 Å². The summed E-state index contributed by atoms with van der Waals surface area (Å²) in [5.74, 6) is -0.256. The van der Waals surface area contributed by atoms with Gasteiger partial charge in [-0.05, 0) is 38.0 Å². The maximum Gasteiger partial charge on any atom is 0.329 e. The molecule has 0 aromatic carbocycles. The van der Waals surface area contributed by atoms with Crippen LogP contribution in [0.25, 0.3) is 5.65 Å². The largest absolute Gasteiger partial charge is 0.480 e. The Morgan fingerprint density at radius 2 is 2.28 bits per heavy atom. The summed E-state index contributed by atoms with van der Waals surface area (Å²) in [5.41, 5.74) is 0.676. The number of anilines is 1. The number of carboxylic acids is 1. The third-order valence-electron chi connectivity index (χ3n) is 3.11. The SMILES string of the molecule is CCC(C)(Nc1cc(C)cc2ncnn12)C(=O)O. The highest BCUT2D eigenvalue weighted by Gasteiger charge is 2.31. The van der Waals surface area contributed by atoms with Gasteiger partial charge in [0.1, 0.15) is 17.7 Å². The second-order valence-corrected chi connectivity index (χ2v) is 4.56. The van der Waals surface area contributed by atoms with Crippen molar-refractivity contribution in [3.05, 3.63) is 24.0 Å². The molecule has 2 rings (SSSR count). The van der Waals surface area contributed by atoms with Gasteiger partial charge in [0.2, 0.25) is 0 Å². The summed E-state index contributed by atoms with van der Waals surface area (Å²) in [6, 6.07) is 3.75. The molecule has 2 aromatic heterocycles. The molecule has 2 heterocycles. The summed E-state index contributed by atoms with van der Waals surface area (Å²) in [4.78, 5) is 15.4. The maximum atomic E-state index is 11.3. The van der Waals surface area contributed by atoms with E-state index in [1.165, 1.54) is 6.33 Å². The normalized spacial score (nSPS) is 14.4. The van der Waals surface area contributed by atoms with Crippen LogP contribution in [-0.2, 0) is 4.79 Å². The summed E-state index contributed by atoms with van der Waals surface area (Å²) < 4.78 is 1.60. The van der Waals surface area contributed by atoms with Gasteiger partial charge in [-0.25, -0.2) is 9.78 Å². The van der Waals surface area contributed by atoms with Crippen LogP contribution in [0.15, 0.2) is 18.5 Å². The average molecular weight is 248 g/mol. The molecule has 18 heavy (non-hydrogen) atoms. The van der Waals surface area contributed by atoms with Gasteiger partial charge in [-0.15, -0.1) is 0 Å². The van der Waals surface area contributed by atoms with Crippen LogP contribution in [0.4, 0.5) is 5.82 Å². The fourth-order valence-electron chi connectivity index (χ4n) is 1.72. The van der Waals surface area contributed by atoms with Crippen LogP contribution in [0.1, 0.15) is 25.8 Å². The van der Waals surface area contributed by atoms with Crippen LogP contribution in [0.2, 0.25) is 0 Å². The van der Waals surface area contributed by atoms with Crippen molar-refractivity contribution in [3.8, 4) is 0 Å². The molecular formula is C12H16N4O2. The van der Waals surface area contributed by atoms with Gasteiger partial charge >= 0.3 is 5.97 Å². The Kier molecular flexibility index (Phi) is 2.94. The summed E-state index contributed by atoms with van der Waals surface area (Å²) in [5, 5.41) is 16.4. The summed E-state index contributed by atoms with van der Waals surface area (Å²) in [6.45, 7) is 5.42. The van der Waals surface area contributed by atoms with Gasteiger partial charge in [0.05, 0.1) is 0 Å². The van der Waals surface area contributed by atoms with E-state index in [-0.39, 0.29) is 0 Å². The lowest BCUT2D eigenvalue weighted by Crippen LogP contribution is -2.43. The van der Waals surface area contributed by atoms with Gasteiger partial charge in [-0.2, -0.15) is 9.61 Å². The number of nitrogens with zero attached hydrogens (tertiary/aromatic N) is 3. The molecule has 0 bridgehead atoms. The molecule has 0 spiro atoms. The Labute approximate surface area is 105 Å². The average Bonchev–Trinajstić information content (AvgIpc) is 2.76. The van der Waals surface area contributed by atoms with Gasteiger partial charge in [-0.1, -0.05) is 6.92 Å². The van der Waals surface area contributed by atoms with Crippen LogP contribution >= 0.6 is 0 Å². The van der Waals surface area contributed by atoms with Crippen molar-refractivity contribution in [2.75, 3.05) is 5.32 Å². The van der Waals surface area contributed by atoms with E-state index in [1.807, 2.05) is 26.0 Å². The fraction of sp³-hybridized carbons (Fsp3) is 0.417. The van der Waals surface area contributed by atoms with E-state index < -0.39 is 11.5 Å². The molecule has 0 aliphatic carbocycles. The molecular weight excluding hydrogens is 232 g/mol. The maximum absolute atomic E-state index is 11.3. The van der Waals surface area contributed by atoms with Crippen LogP contribution in [0, 0.1) is 6.92 Å². The zero-order chi connectivity index (χ0) is 13.3. The van der Waals surface area contributed by atoms with Crippen molar-refractivity contribution < 1.29 is 9.90 Å². The highest BCUT2D eigenvalue weighted by atomic mass is 16.4. The molecule has 0 aliphatic heterocycles. The smallest absolute Gasteiger partial charge is 0.329 e. The Morgan fingerprint density at radius 1 is 1.56 bits per heavy atom. The number of aromatic nitrogens is 3. The number of nitrogens with one attached hydrogen (secondary N) is 1. The highest BCUT2D eigenvalue weighted by Crippen LogP contribution is 2.20. The van der Waals surface area contributed by atoms with E-state index in [4.69, 9.17) is 0 Å². The predicted molar refractivity (Wildman–Crippen MR) is 67.7 cm³/mol. The molecule has 0 fully saturated rings. The first kappa shape index (κ1) is 12.3. The van der Waals surface area contributed by atoms with Gasteiger partial charge < -0.3 is 10.4 Å². The molecule has 0 saturated carbocycles. The van der Waals surface area contributed by atoms with E-state index in [2.05, 4.69) is 15.4 Å². The number of fused-ring (bicyclic) bond motifs is 1. The third kappa shape index (κ3) is 2.01. The molecule has 0 radical (unpaired) electrons. The number of carbonyl (C=O) groups is 1. The molecule has 0 aliphatic rings. The van der Waals surface area contributed by atoms with Crippen molar-refractivity contribution in [2.45, 2.75) is 32.7 Å². The second kappa shape index (κ2) is 4.29. The first-order valence-corrected chi connectivity index (χ1v) is 5.78. The first-order chi connectivity index (χ1) is 8.46. The third-order valence-corrected chi connectivity index (χ3v) is 3.11. The van der Waals surface area contributed by atoms with Crippen molar-refractivity contribution in [1.29, 1.82) is 0 Å². The van der Waals surface area contributed by atoms with E-state index in [9.17, 15) is 9.90 Å². The Hall–Kier alpha value is -2.11. The Balaban J connectivity index is 2.48. The monoisotopic (exact) mass is 248 g/mol. The number of rotatable bonds is 4. The van der Waals surface area contributed by atoms with Crippen molar-refractivity contribution in [1.82, 2.24) is 14.6 Å². The number of carboxylic acid groups (broad SMARTS) is 1. The van der Waals surface area contributed by atoms with Crippen LogP contribution in [0.5, 0.6) is 0 Å². The topological polar surface area (TPSA) is 79.5 Å². The Bertz CT molecular complexity index is 593. The standard InChI is InChI=1S/C12H16N4O2/c1-4-12(3,11(17)18)15-10-6-8(2)5-9-13-7-14-16(9)10/h5-7,15H,4H2,1-3H3,(H,17,18). The molecule has 0 saturated heterocycles. The lowest BCUT2D eigenvalue weighted by molar-refractivity contribution is -0.141. The summed E-state index contributed by atoms with van der Waals surface area (Å²) >= 11 is 0. The second-order valence-electron chi connectivity index (χ2n) is 4.56. The number of pyridine rings is 1. The van der Waals surface area contributed by atoms with Crippen molar-refractivity contribution in [2.24, 2.45) is 0 Å². The van der Waals surface area contributed by atoms with Crippen LogP contribution in [-0.4, -0.2) is 31.2 Å². The van der Waals surface area contributed by atoms with Crippen molar-refractivity contribution in [3.63, 3.8) is 0 Å². The molecule has 2 aromatic rings. The predicted octanol–water partition coefficient (Wildman–Crippen LogP) is 1.70. The number of aliphatic carboxylic acids is 1. The molecule has 1 unspecified atom stereocenters. The number of hydrogen-bond acceptors (Lipinski definition) is 4. The minimum atomic E-state index is -1.02. The minimum Gasteiger partial charge on any atom is -0.480 e. The minimum absolute atomic E-state index is 0.465. The van der Waals surface area contributed by atoms with Gasteiger partial charge in [0.15, 0.2) is 5.65 Å². The first-order valence-electron chi connectivity index (χ1n) is 5.78. The molecule has 96 valence electrons. The lowest BCUT2D eigenvalue weighted by atomic mass is 9.99. The van der Waals surface area contributed by atoms with Gasteiger partial charge in [-0.3, -0.25) is 0 Å². The number of hydrogen-bond donors (Lipinski definition) is 2. The molecule has 1 atom stereocenters. The lowest BCUT2D eigenvalue weighted by Gasteiger charge is -2.26. The molecule has 6 nitrogen and oxygen atoms in total. The van der Waals surface area contributed by atoms with Gasteiger partial charge in [0.25, 0.3) is 0 Å². The fourth-order valence-corrected chi connectivity index (χ4v) is 1.72. The van der Waals surface area contributed by atoms with Gasteiger partial charge in [0, 0.05) is 0 Å². The zero-order valence-electron chi connectivity index (χ0n) is 10.6. The molecule has 2 N–H and O–H groups in total. The van der Waals surface area contributed by atoms with E-state index in [1.54, 1.807) is 11.4 Å². The van der Waals surface area contributed by atoms with Crippen LogP contribution in [0.3, 0.4) is 0 Å². The van der Waals surface area contributed by atoms with E-state index in [0.29, 0.717) is 17.9 Å².